The molecule has 0 aliphatic carbocycles. The number of para-hydroxylation sites is 1. The Morgan fingerprint density at radius 2 is 1.80 bits per heavy atom. The predicted molar refractivity (Wildman–Crippen MR) is 74.3 cm³/mol. The van der Waals surface area contributed by atoms with Crippen molar-refractivity contribution in [3.8, 4) is 5.75 Å². The van der Waals surface area contributed by atoms with E-state index in [-0.39, 0.29) is 21.7 Å². The number of hydrogen-bond acceptors (Lipinski definition) is 1. The second-order valence-corrected chi connectivity index (χ2v) is 5.09. The Hall–Kier alpha value is -1.20. The predicted octanol–water partition coefficient (Wildman–Crippen LogP) is 5.18. The van der Waals surface area contributed by atoms with E-state index < -0.39 is 24.1 Å². The fourth-order valence-corrected chi connectivity index (χ4v) is 2.25. The van der Waals surface area contributed by atoms with Crippen LogP contribution in [-0.2, 0) is 12.5 Å². The second-order valence-electron chi connectivity index (χ2n) is 3.97. The third kappa shape index (κ3) is 3.10. The molecule has 20 heavy (non-hydrogen) atoms. The molecule has 0 heterocycles. The van der Waals surface area contributed by atoms with Crippen molar-refractivity contribution in [2.24, 2.45) is 0 Å². The van der Waals surface area contributed by atoms with Gasteiger partial charge < -0.3 is 4.74 Å². The Balaban J connectivity index is 2.28. The average Bonchev–Trinajstić information content (AvgIpc) is 2.44. The molecule has 0 bridgehead atoms. The summed E-state index contributed by atoms with van der Waals surface area (Å²) in [5, 5.41) is 0. The largest absolute Gasteiger partial charge is 0.485 e. The van der Waals surface area contributed by atoms with Crippen LogP contribution in [0, 0.1) is 17.5 Å². The summed E-state index contributed by atoms with van der Waals surface area (Å²) in [5.41, 5.74) is 0.144. The van der Waals surface area contributed by atoms with Gasteiger partial charge in [0.2, 0.25) is 0 Å². The summed E-state index contributed by atoms with van der Waals surface area (Å²) in [6.07, 6.45) is 0. The van der Waals surface area contributed by atoms with E-state index in [1.165, 1.54) is 18.2 Å². The van der Waals surface area contributed by atoms with Crippen molar-refractivity contribution < 1.29 is 17.9 Å². The van der Waals surface area contributed by atoms with E-state index in [2.05, 4.69) is 15.9 Å². The molecule has 2 aromatic rings. The molecule has 0 N–H and O–H groups in total. The van der Waals surface area contributed by atoms with Crippen LogP contribution in [-0.4, -0.2) is 0 Å². The minimum absolute atomic E-state index is 0.0382. The minimum Gasteiger partial charge on any atom is -0.485 e. The molecule has 0 saturated carbocycles. The smallest absolute Gasteiger partial charge is 0.165 e. The number of rotatable bonds is 4. The Labute approximate surface area is 127 Å². The van der Waals surface area contributed by atoms with Gasteiger partial charge in [0.05, 0.1) is 15.9 Å². The molecule has 0 fully saturated rings. The van der Waals surface area contributed by atoms with Gasteiger partial charge in [-0.05, 0) is 34.1 Å². The number of alkyl halides is 1. The lowest BCUT2D eigenvalue weighted by molar-refractivity contribution is 0.276. The summed E-state index contributed by atoms with van der Waals surface area (Å²) in [6, 6.07) is 6.62. The van der Waals surface area contributed by atoms with E-state index in [0.717, 1.165) is 6.07 Å². The fourth-order valence-electron chi connectivity index (χ4n) is 1.67. The molecule has 0 saturated heterocycles. The zero-order chi connectivity index (χ0) is 14.7. The van der Waals surface area contributed by atoms with E-state index in [4.69, 9.17) is 16.3 Å². The minimum atomic E-state index is -0.770. The number of ether oxygens (including phenoxy) is 1. The Bertz CT molecular complexity index is 634. The monoisotopic (exact) mass is 364 g/mol. The van der Waals surface area contributed by atoms with Crippen molar-refractivity contribution in [2.45, 2.75) is 12.5 Å². The first-order valence-corrected chi connectivity index (χ1v) is 6.96. The maximum atomic E-state index is 13.8. The molecule has 0 unspecified atom stereocenters. The normalized spacial score (nSPS) is 10.7. The van der Waals surface area contributed by atoms with Gasteiger partial charge in [-0.15, -0.1) is 11.6 Å². The Kier molecular flexibility index (Phi) is 4.94. The van der Waals surface area contributed by atoms with Gasteiger partial charge >= 0.3 is 0 Å². The van der Waals surface area contributed by atoms with E-state index in [1.807, 2.05) is 0 Å². The van der Waals surface area contributed by atoms with Gasteiger partial charge in [-0.1, -0.05) is 12.1 Å². The molecule has 0 aliphatic heterocycles. The number of halogens is 5. The molecule has 0 amide bonds. The summed E-state index contributed by atoms with van der Waals surface area (Å²) in [6.45, 7) is -0.429. The Morgan fingerprint density at radius 3 is 2.50 bits per heavy atom. The standard InChI is InChI=1S/C14H9BrClF3O/c15-10-4-5-11(17)9(13(10)19)7-20-14-8(6-16)2-1-3-12(14)18/h1-5H,6-7H2. The molecule has 106 valence electrons. The molecule has 6 heteroatoms. The van der Waals surface area contributed by atoms with Gasteiger partial charge in [-0.3, -0.25) is 0 Å². The Morgan fingerprint density at radius 1 is 1.05 bits per heavy atom. The highest BCUT2D eigenvalue weighted by molar-refractivity contribution is 9.10. The first-order chi connectivity index (χ1) is 9.54. The van der Waals surface area contributed by atoms with Crippen LogP contribution in [0.4, 0.5) is 13.2 Å². The van der Waals surface area contributed by atoms with Crippen LogP contribution >= 0.6 is 27.5 Å². The summed E-state index contributed by atoms with van der Waals surface area (Å²) >= 11 is 8.63. The van der Waals surface area contributed by atoms with E-state index >= 15 is 0 Å². The summed E-state index contributed by atoms with van der Waals surface area (Å²) in [4.78, 5) is 0. The van der Waals surface area contributed by atoms with Gasteiger partial charge in [0, 0.05) is 5.56 Å². The van der Waals surface area contributed by atoms with Crippen LogP contribution in [0.5, 0.6) is 5.75 Å². The van der Waals surface area contributed by atoms with Crippen molar-refractivity contribution in [2.75, 3.05) is 0 Å². The molecule has 0 atom stereocenters. The topological polar surface area (TPSA) is 9.23 Å². The van der Waals surface area contributed by atoms with E-state index in [1.54, 1.807) is 6.07 Å². The molecule has 0 aromatic heterocycles. The van der Waals surface area contributed by atoms with Crippen LogP contribution in [0.1, 0.15) is 11.1 Å². The lowest BCUT2D eigenvalue weighted by Gasteiger charge is -2.12. The van der Waals surface area contributed by atoms with Crippen LogP contribution in [0.3, 0.4) is 0 Å². The first-order valence-electron chi connectivity index (χ1n) is 5.63. The van der Waals surface area contributed by atoms with Gasteiger partial charge in [0.25, 0.3) is 0 Å². The molecule has 0 spiro atoms. The van der Waals surface area contributed by atoms with Gasteiger partial charge in [0.1, 0.15) is 18.2 Å². The summed E-state index contributed by atoms with van der Waals surface area (Å²) in [7, 11) is 0. The molecule has 2 rings (SSSR count). The molecule has 0 aliphatic rings. The molecule has 1 nitrogen and oxygen atoms in total. The lowest BCUT2D eigenvalue weighted by atomic mass is 10.2. The highest BCUT2D eigenvalue weighted by Crippen LogP contribution is 2.27. The SMILES string of the molecule is Fc1ccc(Br)c(F)c1COc1c(F)cccc1CCl. The van der Waals surface area contributed by atoms with Crippen molar-refractivity contribution in [1.82, 2.24) is 0 Å². The number of hydrogen-bond donors (Lipinski definition) is 0. The highest BCUT2D eigenvalue weighted by Gasteiger charge is 2.15. The van der Waals surface area contributed by atoms with Gasteiger partial charge in [-0.25, -0.2) is 13.2 Å². The van der Waals surface area contributed by atoms with Crippen molar-refractivity contribution in [3.63, 3.8) is 0 Å². The fraction of sp³-hybridized carbons (Fsp3) is 0.143. The van der Waals surface area contributed by atoms with Crippen LogP contribution in [0.15, 0.2) is 34.8 Å². The summed E-state index contributed by atoms with van der Waals surface area (Å²) in [5.74, 6) is -2.21. The van der Waals surface area contributed by atoms with E-state index in [0.29, 0.717) is 5.56 Å². The third-order valence-electron chi connectivity index (χ3n) is 2.69. The highest BCUT2D eigenvalue weighted by atomic mass is 79.9. The molecular weight excluding hydrogens is 357 g/mol. The maximum absolute atomic E-state index is 13.8. The van der Waals surface area contributed by atoms with Crippen LogP contribution in [0.25, 0.3) is 0 Å². The van der Waals surface area contributed by atoms with Crippen molar-refractivity contribution in [3.05, 3.63) is 63.4 Å². The summed E-state index contributed by atoms with van der Waals surface area (Å²) < 4.78 is 46.3. The first kappa shape index (κ1) is 15.2. The van der Waals surface area contributed by atoms with Gasteiger partial charge in [-0.2, -0.15) is 0 Å². The zero-order valence-corrected chi connectivity index (χ0v) is 12.4. The van der Waals surface area contributed by atoms with Crippen molar-refractivity contribution >= 4 is 27.5 Å². The van der Waals surface area contributed by atoms with Crippen LogP contribution < -0.4 is 4.74 Å². The number of benzene rings is 2. The van der Waals surface area contributed by atoms with Crippen LogP contribution in [0.2, 0.25) is 0 Å². The average molecular weight is 366 g/mol. The molecular formula is C14H9BrClF3O. The quantitative estimate of drug-likeness (QED) is 0.535. The zero-order valence-electron chi connectivity index (χ0n) is 10.1. The van der Waals surface area contributed by atoms with E-state index in [9.17, 15) is 13.2 Å². The van der Waals surface area contributed by atoms with Gasteiger partial charge in [0.15, 0.2) is 11.6 Å². The molecule has 2 aromatic carbocycles. The second kappa shape index (κ2) is 6.50. The van der Waals surface area contributed by atoms with Crippen molar-refractivity contribution in [1.29, 1.82) is 0 Å². The molecule has 0 radical (unpaired) electrons. The maximum Gasteiger partial charge on any atom is 0.165 e. The lowest BCUT2D eigenvalue weighted by Crippen LogP contribution is -2.05. The third-order valence-corrected chi connectivity index (χ3v) is 3.59.